The molecule has 0 aromatic heterocycles. The molecule has 0 spiro atoms. The first-order chi connectivity index (χ1) is 14.5. The van der Waals surface area contributed by atoms with Crippen molar-refractivity contribution >= 4 is 29.7 Å². The first kappa shape index (κ1) is 26.5. The maximum Gasteiger partial charge on any atom is 0.303 e. The molecule has 11 nitrogen and oxygen atoms in total. The van der Waals surface area contributed by atoms with Crippen LogP contribution in [0.5, 0.6) is 0 Å². The Morgan fingerprint density at radius 3 is 1.77 bits per heavy atom. The van der Waals surface area contributed by atoms with Gasteiger partial charge in [-0.05, 0) is 19.8 Å². The van der Waals surface area contributed by atoms with E-state index in [1.807, 2.05) is 0 Å². The molecule has 176 valence electrons. The van der Waals surface area contributed by atoms with E-state index in [0.717, 1.165) is 20.8 Å². The zero-order valence-electron chi connectivity index (χ0n) is 18.4. The van der Waals surface area contributed by atoms with Gasteiger partial charge >= 0.3 is 23.9 Å². The molecule has 31 heavy (non-hydrogen) atoms. The lowest BCUT2D eigenvalue weighted by molar-refractivity contribution is -0.308. The molecule has 0 amide bonds. The monoisotopic (exact) mass is 446 g/mol. The van der Waals surface area contributed by atoms with Crippen LogP contribution >= 0.6 is 0 Å². The lowest BCUT2D eigenvalue weighted by Crippen LogP contribution is -2.63. The largest absolute Gasteiger partial charge is 0.463 e. The second kappa shape index (κ2) is 13.0. The van der Waals surface area contributed by atoms with Crippen molar-refractivity contribution in [3.63, 3.8) is 0 Å². The molecule has 1 fully saturated rings. The third-order valence-corrected chi connectivity index (χ3v) is 4.15. The van der Waals surface area contributed by atoms with Crippen molar-refractivity contribution in [2.24, 2.45) is 0 Å². The number of rotatable bonds is 11. The van der Waals surface area contributed by atoms with Gasteiger partial charge in [-0.3, -0.25) is 19.2 Å². The van der Waals surface area contributed by atoms with Gasteiger partial charge in [0.1, 0.15) is 18.5 Å². The lowest BCUT2D eigenvalue weighted by Gasteiger charge is -2.44. The standard InChI is InChI=1S/C20H30O11/c1-11(21)8-6-7-9-26-20-19(30-15(5)25)18(29-14(4)24)17(28-13(3)23)16(31-20)10-27-12(2)22/h16-20H,6-10H2,1-5H3/t16?,17-,18-,19?,20+/m0/s1. The van der Waals surface area contributed by atoms with E-state index >= 15 is 0 Å². The van der Waals surface area contributed by atoms with Gasteiger partial charge in [0.05, 0.1) is 0 Å². The van der Waals surface area contributed by atoms with E-state index < -0.39 is 54.6 Å². The summed E-state index contributed by atoms with van der Waals surface area (Å²) >= 11 is 0. The van der Waals surface area contributed by atoms with E-state index in [2.05, 4.69) is 0 Å². The summed E-state index contributed by atoms with van der Waals surface area (Å²) < 4.78 is 32.3. The van der Waals surface area contributed by atoms with E-state index in [0.29, 0.717) is 19.3 Å². The summed E-state index contributed by atoms with van der Waals surface area (Å²) in [5.41, 5.74) is 0. The van der Waals surface area contributed by atoms with Crippen LogP contribution in [0.1, 0.15) is 53.9 Å². The van der Waals surface area contributed by atoms with Gasteiger partial charge in [0.15, 0.2) is 24.6 Å². The molecule has 11 heteroatoms. The van der Waals surface area contributed by atoms with Gasteiger partial charge in [0.25, 0.3) is 0 Å². The molecule has 1 aliphatic rings. The molecular formula is C20H30O11. The average Bonchev–Trinajstić information content (AvgIpc) is 2.62. The van der Waals surface area contributed by atoms with Gasteiger partial charge < -0.3 is 33.2 Å². The second-order valence-corrected chi connectivity index (χ2v) is 7.10. The van der Waals surface area contributed by atoms with Crippen molar-refractivity contribution in [3.8, 4) is 0 Å². The Kier molecular flexibility index (Phi) is 11.1. The highest BCUT2D eigenvalue weighted by molar-refractivity contribution is 5.75. The molecule has 5 atom stereocenters. The summed E-state index contributed by atoms with van der Waals surface area (Å²) in [6, 6.07) is 0. The number of carbonyl (C=O) groups is 5. The molecule has 1 rings (SSSR count). The highest BCUT2D eigenvalue weighted by Crippen LogP contribution is 2.30. The number of hydrogen-bond acceptors (Lipinski definition) is 11. The van der Waals surface area contributed by atoms with Crippen LogP contribution in [0.25, 0.3) is 0 Å². The van der Waals surface area contributed by atoms with Crippen molar-refractivity contribution in [2.75, 3.05) is 13.2 Å². The fourth-order valence-electron chi connectivity index (χ4n) is 3.00. The molecule has 0 radical (unpaired) electrons. The fraction of sp³-hybridized carbons (Fsp3) is 0.750. The first-order valence-corrected chi connectivity index (χ1v) is 9.92. The molecule has 0 aliphatic carbocycles. The Hall–Kier alpha value is -2.53. The molecule has 0 saturated carbocycles. The Labute approximate surface area is 180 Å². The van der Waals surface area contributed by atoms with Gasteiger partial charge in [-0.1, -0.05) is 0 Å². The van der Waals surface area contributed by atoms with Crippen LogP contribution in [-0.2, 0) is 52.4 Å². The zero-order chi connectivity index (χ0) is 23.6. The SMILES string of the molecule is CC(=O)CCCCO[C@@H]1OC(COC(C)=O)[C@H](OC(C)=O)[C@H](OC(C)=O)C1OC(C)=O. The van der Waals surface area contributed by atoms with E-state index in [-0.39, 0.29) is 19.0 Å². The smallest absolute Gasteiger partial charge is 0.303 e. The highest BCUT2D eigenvalue weighted by Gasteiger charge is 2.52. The molecule has 1 saturated heterocycles. The summed E-state index contributed by atoms with van der Waals surface area (Å²) in [7, 11) is 0. The maximum atomic E-state index is 11.7. The van der Waals surface area contributed by atoms with E-state index in [1.165, 1.54) is 13.8 Å². The van der Waals surface area contributed by atoms with Gasteiger partial charge in [0.2, 0.25) is 0 Å². The molecular weight excluding hydrogens is 416 g/mol. The van der Waals surface area contributed by atoms with Crippen LogP contribution in [0.2, 0.25) is 0 Å². The minimum absolute atomic E-state index is 0.0484. The van der Waals surface area contributed by atoms with Gasteiger partial charge in [0, 0.05) is 40.7 Å². The number of carbonyl (C=O) groups excluding carboxylic acids is 5. The summed E-state index contributed by atoms with van der Waals surface area (Å²) in [6.07, 6.45) is -4.48. The fourth-order valence-corrected chi connectivity index (χ4v) is 3.00. The van der Waals surface area contributed by atoms with E-state index in [1.54, 1.807) is 0 Å². The van der Waals surface area contributed by atoms with Gasteiger partial charge in [-0.2, -0.15) is 0 Å². The first-order valence-electron chi connectivity index (χ1n) is 9.92. The number of ether oxygens (including phenoxy) is 6. The third kappa shape index (κ3) is 9.88. The number of Topliss-reactive ketones (excluding diaryl/α,β-unsaturated/α-hetero) is 1. The number of esters is 4. The Bertz CT molecular complexity index is 660. The van der Waals surface area contributed by atoms with Crippen molar-refractivity contribution < 1.29 is 52.4 Å². The third-order valence-electron chi connectivity index (χ3n) is 4.15. The summed E-state index contributed by atoms with van der Waals surface area (Å²) in [5.74, 6) is -2.67. The number of unbranched alkanes of at least 4 members (excludes halogenated alkanes) is 1. The number of hydrogen-bond donors (Lipinski definition) is 0. The topological polar surface area (TPSA) is 141 Å². The Morgan fingerprint density at radius 1 is 0.710 bits per heavy atom. The number of ketones is 1. The minimum atomic E-state index is -1.26. The molecule has 0 aromatic carbocycles. The molecule has 1 heterocycles. The predicted molar refractivity (Wildman–Crippen MR) is 102 cm³/mol. The van der Waals surface area contributed by atoms with Crippen molar-refractivity contribution in [1.29, 1.82) is 0 Å². The van der Waals surface area contributed by atoms with Crippen LogP contribution < -0.4 is 0 Å². The van der Waals surface area contributed by atoms with Gasteiger partial charge in [-0.15, -0.1) is 0 Å². The van der Waals surface area contributed by atoms with Crippen LogP contribution in [0.15, 0.2) is 0 Å². The quantitative estimate of drug-likeness (QED) is 0.253. The minimum Gasteiger partial charge on any atom is -0.463 e. The van der Waals surface area contributed by atoms with Crippen LogP contribution in [0.4, 0.5) is 0 Å². The molecule has 0 bridgehead atoms. The summed E-state index contributed by atoms with van der Waals surface area (Å²) in [5, 5.41) is 0. The Balaban J connectivity index is 3.11. The van der Waals surface area contributed by atoms with E-state index in [4.69, 9.17) is 28.4 Å². The van der Waals surface area contributed by atoms with Gasteiger partial charge in [-0.25, -0.2) is 0 Å². The van der Waals surface area contributed by atoms with Crippen molar-refractivity contribution in [2.45, 2.75) is 84.6 Å². The molecule has 2 unspecified atom stereocenters. The van der Waals surface area contributed by atoms with Crippen molar-refractivity contribution in [3.05, 3.63) is 0 Å². The van der Waals surface area contributed by atoms with Crippen LogP contribution in [0.3, 0.4) is 0 Å². The summed E-state index contributed by atoms with van der Waals surface area (Å²) in [4.78, 5) is 57.4. The van der Waals surface area contributed by atoms with Crippen molar-refractivity contribution in [1.82, 2.24) is 0 Å². The Morgan fingerprint density at radius 2 is 1.26 bits per heavy atom. The molecule has 1 aliphatic heterocycles. The summed E-state index contributed by atoms with van der Waals surface area (Å²) in [6.45, 7) is 5.96. The maximum absolute atomic E-state index is 11.7. The predicted octanol–water partition coefficient (Wildman–Crippen LogP) is 0.845. The highest BCUT2D eigenvalue weighted by atomic mass is 16.7. The second-order valence-electron chi connectivity index (χ2n) is 7.10. The average molecular weight is 446 g/mol. The zero-order valence-corrected chi connectivity index (χ0v) is 18.4. The van der Waals surface area contributed by atoms with Crippen LogP contribution in [0, 0.1) is 0 Å². The van der Waals surface area contributed by atoms with Crippen LogP contribution in [-0.4, -0.2) is 73.6 Å². The van der Waals surface area contributed by atoms with E-state index in [9.17, 15) is 24.0 Å². The molecule has 0 aromatic rings. The molecule has 0 N–H and O–H groups in total. The normalized spacial score (nSPS) is 25.3. The lowest BCUT2D eigenvalue weighted by atomic mass is 9.98.